The number of nitrogens with zero attached hydrogens (tertiary/aromatic N) is 1. The number of rotatable bonds is 4. The molecule has 0 spiro atoms. The van der Waals surface area contributed by atoms with Crippen molar-refractivity contribution in [1.82, 2.24) is 4.90 Å². The highest BCUT2D eigenvalue weighted by molar-refractivity contribution is 7.90. The van der Waals surface area contributed by atoms with E-state index in [0.29, 0.717) is 6.54 Å². The van der Waals surface area contributed by atoms with E-state index in [9.17, 15) is 8.42 Å². The fourth-order valence-electron chi connectivity index (χ4n) is 2.53. The first-order chi connectivity index (χ1) is 8.38. The van der Waals surface area contributed by atoms with Crippen molar-refractivity contribution in [3.63, 3.8) is 0 Å². The molecule has 1 aromatic rings. The van der Waals surface area contributed by atoms with Gasteiger partial charge >= 0.3 is 0 Å². The first kappa shape index (κ1) is 13.5. The summed E-state index contributed by atoms with van der Waals surface area (Å²) in [7, 11) is -0.950. The van der Waals surface area contributed by atoms with Gasteiger partial charge in [0.1, 0.15) is 9.84 Å². The molecular weight excluding hydrogens is 248 g/mol. The van der Waals surface area contributed by atoms with Crippen LogP contribution in [0.25, 0.3) is 0 Å². The smallest absolute Gasteiger partial charge is 0.148 e. The van der Waals surface area contributed by atoms with Crippen LogP contribution in [0, 0.1) is 0 Å². The molecule has 1 aliphatic carbocycles. The fraction of sp³-hybridized carbons (Fsp3) is 0.538. The van der Waals surface area contributed by atoms with Crippen molar-refractivity contribution in [2.45, 2.75) is 18.5 Å². The zero-order valence-electron chi connectivity index (χ0n) is 10.8. The Bertz CT molecular complexity index is 528. The molecule has 2 atom stereocenters. The van der Waals surface area contributed by atoms with Crippen LogP contribution in [0.4, 0.5) is 0 Å². The van der Waals surface area contributed by atoms with Crippen LogP contribution < -0.4 is 5.73 Å². The maximum absolute atomic E-state index is 11.2. The molecule has 2 N–H and O–H groups in total. The van der Waals surface area contributed by atoms with Gasteiger partial charge in [-0.05, 0) is 24.6 Å². The molecule has 4 nitrogen and oxygen atoms in total. The summed E-state index contributed by atoms with van der Waals surface area (Å²) in [6, 6.07) is 8.45. The van der Waals surface area contributed by atoms with Crippen LogP contribution in [-0.2, 0) is 9.84 Å². The number of nitrogens with two attached hydrogens (primary N) is 1. The number of hydrogen-bond acceptors (Lipinski definition) is 4. The van der Waals surface area contributed by atoms with Gasteiger partial charge in [0, 0.05) is 24.9 Å². The van der Waals surface area contributed by atoms with Crippen LogP contribution in [0.3, 0.4) is 0 Å². The average molecular weight is 268 g/mol. The summed E-state index contributed by atoms with van der Waals surface area (Å²) in [5, 5.41) is 0. The number of sulfone groups is 1. The molecule has 0 heterocycles. The minimum absolute atomic E-state index is 0.0619. The molecule has 100 valence electrons. The van der Waals surface area contributed by atoms with Crippen LogP contribution in [0.5, 0.6) is 0 Å². The van der Waals surface area contributed by atoms with Gasteiger partial charge in [-0.25, -0.2) is 8.42 Å². The van der Waals surface area contributed by atoms with Gasteiger partial charge in [0.2, 0.25) is 0 Å². The summed E-state index contributed by atoms with van der Waals surface area (Å²) < 4.78 is 22.4. The third-order valence-electron chi connectivity index (χ3n) is 3.58. The van der Waals surface area contributed by atoms with Gasteiger partial charge in [0.25, 0.3) is 0 Å². The Labute approximate surface area is 109 Å². The van der Waals surface area contributed by atoms with E-state index < -0.39 is 9.84 Å². The molecule has 5 heteroatoms. The molecule has 2 rings (SSSR count). The zero-order chi connectivity index (χ0) is 13.3. The lowest BCUT2D eigenvalue weighted by Crippen LogP contribution is -2.28. The minimum atomic E-state index is -2.91. The second-order valence-corrected chi connectivity index (χ2v) is 7.36. The maximum Gasteiger partial charge on any atom is 0.148 e. The van der Waals surface area contributed by atoms with E-state index in [-0.39, 0.29) is 17.8 Å². The Balaban J connectivity index is 2.11. The summed E-state index contributed by atoms with van der Waals surface area (Å²) >= 11 is 0. The van der Waals surface area contributed by atoms with Gasteiger partial charge in [0.15, 0.2) is 0 Å². The lowest BCUT2D eigenvalue weighted by molar-refractivity contribution is 0.251. The highest BCUT2D eigenvalue weighted by Crippen LogP contribution is 2.39. The monoisotopic (exact) mass is 268 g/mol. The third-order valence-corrected chi connectivity index (χ3v) is 4.50. The molecule has 1 aromatic carbocycles. The molecule has 0 aliphatic heterocycles. The lowest BCUT2D eigenvalue weighted by atomic mass is 10.1. The maximum atomic E-state index is 11.2. The van der Waals surface area contributed by atoms with Gasteiger partial charge in [-0.1, -0.05) is 24.3 Å². The minimum Gasteiger partial charge on any atom is -0.324 e. The van der Waals surface area contributed by atoms with Crippen molar-refractivity contribution >= 4 is 9.84 Å². The molecule has 0 aromatic heterocycles. The van der Waals surface area contributed by atoms with Crippen molar-refractivity contribution in [3.8, 4) is 0 Å². The second-order valence-electron chi connectivity index (χ2n) is 5.10. The summed E-state index contributed by atoms with van der Waals surface area (Å²) in [4.78, 5) is 2.09. The average Bonchev–Trinajstić information content (AvgIpc) is 2.64. The van der Waals surface area contributed by atoms with Gasteiger partial charge in [-0.15, -0.1) is 0 Å². The van der Waals surface area contributed by atoms with E-state index in [1.807, 2.05) is 19.2 Å². The summed E-state index contributed by atoms with van der Waals surface area (Å²) in [5.74, 6) is 0.192. The van der Waals surface area contributed by atoms with Crippen molar-refractivity contribution in [3.05, 3.63) is 35.4 Å². The number of hydrogen-bond donors (Lipinski definition) is 1. The topological polar surface area (TPSA) is 63.4 Å². The quantitative estimate of drug-likeness (QED) is 0.888. The first-order valence-electron chi connectivity index (χ1n) is 6.11. The Morgan fingerprint density at radius 2 is 1.94 bits per heavy atom. The zero-order valence-corrected chi connectivity index (χ0v) is 11.7. The molecule has 18 heavy (non-hydrogen) atoms. The third kappa shape index (κ3) is 2.91. The standard InChI is InChI=1S/C13H20N2O2S/c1-15(7-8-18(2,16)17)13-9-12(14)10-5-3-4-6-11(10)13/h3-6,12-13H,7-9,14H2,1-2H3. The van der Waals surface area contributed by atoms with Gasteiger partial charge in [-0.2, -0.15) is 0 Å². The molecule has 0 saturated heterocycles. The Hall–Kier alpha value is -0.910. The summed E-state index contributed by atoms with van der Waals surface area (Å²) in [6.45, 7) is 0.546. The molecular formula is C13H20N2O2S. The highest BCUT2D eigenvalue weighted by atomic mass is 32.2. The van der Waals surface area contributed by atoms with Crippen LogP contribution in [0.2, 0.25) is 0 Å². The van der Waals surface area contributed by atoms with E-state index in [1.165, 1.54) is 17.4 Å². The van der Waals surface area contributed by atoms with E-state index in [1.54, 1.807) is 0 Å². The Morgan fingerprint density at radius 3 is 2.56 bits per heavy atom. The van der Waals surface area contributed by atoms with Crippen LogP contribution >= 0.6 is 0 Å². The van der Waals surface area contributed by atoms with Crippen LogP contribution in [-0.4, -0.2) is 38.9 Å². The molecule has 1 aliphatic rings. The molecule has 0 saturated carbocycles. The summed E-state index contributed by atoms with van der Waals surface area (Å²) in [6.07, 6.45) is 2.13. The molecule has 0 radical (unpaired) electrons. The van der Waals surface area contributed by atoms with Crippen molar-refractivity contribution < 1.29 is 8.42 Å². The molecule has 0 fully saturated rings. The van der Waals surface area contributed by atoms with Gasteiger partial charge in [0.05, 0.1) is 5.75 Å². The van der Waals surface area contributed by atoms with Crippen molar-refractivity contribution in [2.24, 2.45) is 5.73 Å². The Kier molecular flexibility index (Phi) is 3.75. The van der Waals surface area contributed by atoms with E-state index in [4.69, 9.17) is 5.73 Å². The first-order valence-corrected chi connectivity index (χ1v) is 8.17. The van der Waals surface area contributed by atoms with E-state index in [2.05, 4.69) is 17.0 Å². The van der Waals surface area contributed by atoms with Gasteiger partial charge < -0.3 is 5.73 Å². The van der Waals surface area contributed by atoms with E-state index in [0.717, 1.165) is 6.42 Å². The predicted molar refractivity (Wildman–Crippen MR) is 73.1 cm³/mol. The Morgan fingerprint density at radius 1 is 1.33 bits per heavy atom. The molecule has 0 bridgehead atoms. The SMILES string of the molecule is CN(CCS(C)(=O)=O)C1CC(N)c2ccccc21. The fourth-order valence-corrected chi connectivity index (χ4v) is 3.15. The second kappa shape index (κ2) is 4.99. The van der Waals surface area contributed by atoms with Crippen LogP contribution in [0.15, 0.2) is 24.3 Å². The van der Waals surface area contributed by atoms with Gasteiger partial charge in [-0.3, -0.25) is 4.90 Å². The van der Waals surface area contributed by atoms with E-state index >= 15 is 0 Å². The highest BCUT2D eigenvalue weighted by Gasteiger charge is 2.30. The van der Waals surface area contributed by atoms with Crippen molar-refractivity contribution in [1.29, 1.82) is 0 Å². The van der Waals surface area contributed by atoms with Crippen molar-refractivity contribution in [2.75, 3.05) is 25.6 Å². The molecule has 0 amide bonds. The lowest BCUT2D eigenvalue weighted by Gasteiger charge is -2.24. The molecule has 2 unspecified atom stereocenters. The number of fused-ring (bicyclic) bond motifs is 1. The largest absolute Gasteiger partial charge is 0.324 e. The normalized spacial score (nSPS) is 23.3. The summed E-state index contributed by atoms with van der Waals surface area (Å²) in [5.41, 5.74) is 8.54. The number of benzene rings is 1. The predicted octanol–water partition coefficient (Wildman–Crippen LogP) is 1.11. The van der Waals surface area contributed by atoms with Crippen LogP contribution in [0.1, 0.15) is 29.6 Å².